The van der Waals surface area contributed by atoms with Gasteiger partial charge in [-0.25, -0.2) is 0 Å². The number of nitro benzene ring substituents is 1. The van der Waals surface area contributed by atoms with E-state index in [0.717, 1.165) is 0 Å². The molecule has 0 aliphatic rings. The Hall–Kier alpha value is -3.16. The van der Waals surface area contributed by atoms with Crippen molar-refractivity contribution in [3.63, 3.8) is 0 Å². The third-order valence-corrected chi connectivity index (χ3v) is 2.59. The predicted octanol–water partition coefficient (Wildman–Crippen LogP) is 1.85. The van der Waals surface area contributed by atoms with Crippen LogP contribution in [0.25, 0.3) is 0 Å². The second-order valence-corrected chi connectivity index (χ2v) is 4.22. The molecule has 0 fully saturated rings. The summed E-state index contributed by atoms with van der Waals surface area (Å²) >= 11 is 0. The fraction of sp³-hybridized carbons (Fsp3) is 0.143. The van der Waals surface area contributed by atoms with Crippen molar-refractivity contribution in [1.29, 1.82) is 0 Å². The monoisotopic (exact) mass is 303 g/mol. The molecule has 2 rings (SSSR count). The molecular formula is C14H13N3O5. The van der Waals surface area contributed by atoms with Gasteiger partial charge >= 0.3 is 0 Å². The molecule has 8 heteroatoms. The van der Waals surface area contributed by atoms with E-state index in [1.165, 1.54) is 30.7 Å². The van der Waals surface area contributed by atoms with Crippen molar-refractivity contribution in [2.45, 2.75) is 6.54 Å². The highest BCUT2D eigenvalue weighted by molar-refractivity contribution is 5.80. The fourth-order valence-electron chi connectivity index (χ4n) is 1.56. The van der Waals surface area contributed by atoms with Gasteiger partial charge in [0.1, 0.15) is 5.76 Å². The van der Waals surface area contributed by atoms with Crippen molar-refractivity contribution in [2.24, 2.45) is 5.16 Å². The van der Waals surface area contributed by atoms with E-state index in [2.05, 4.69) is 10.5 Å². The molecule has 1 amide bonds. The number of benzene rings is 1. The number of carbonyl (C=O) groups excluding carboxylic acids is 1. The number of furan rings is 1. The summed E-state index contributed by atoms with van der Waals surface area (Å²) in [7, 11) is 0. The molecule has 0 saturated heterocycles. The van der Waals surface area contributed by atoms with Crippen molar-refractivity contribution in [1.82, 2.24) is 5.32 Å². The van der Waals surface area contributed by atoms with Gasteiger partial charge in [0.2, 0.25) is 0 Å². The summed E-state index contributed by atoms with van der Waals surface area (Å²) in [5, 5.41) is 16.8. The van der Waals surface area contributed by atoms with Gasteiger partial charge in [0.05, 0.1) is 23.9 Å². The number of carbonyl (C=O) groups is 1. The van der Waals surface area contributed by atoms with Crippen LogP contribution in [0.1, 0.15) is 11.3 Å². The van der Waals surface area contributed by atoms with Crippen molar-refractivity contribution >= 4 is 17.8 Å². The average Bonchev–Trinajstić information content (AvgIpc) is 3.03. The number of nitro groups is 1. The molecule has 114 valence electrons. The summed E-state index contributed by atoms with van der Waals surface area (Å²) in [4.78, 5) is 26.4. The number of non-ortho nitro benzene ring substituents is 1. The molecule has 1 aromatic heterocycles. The number of rotatable bonds is 7. The average molecular weight is 303 g/mol. The van der Waals surface area contributed by atoms with Crippen LogP contribution in [0.2, 0.25) is 0 Å². The summed E-state index contributed by atoms with van der Waals surface area (Å²) in [5.74, 6) is 0.279. The van der Waals surface area contributed by atoms with E-state index in [1.807, 2.05) is 0 Å². The first kappa shape index (κ1) is 15.2. The van der Waals surface area contributed by atoms with Crippen LogP contribution in [0, 0.1) is 10.1 Å². The first-order valence-corrected chi connectivity index (χ1v) is 6.34. The molecule has 0 aliphatic heterocycles. The lowest BCUT2D eigenvalue weighted by molar-refractivity contribution is -0.384. The minimum absolute atomic E-state index is 0.0415. The van der Waals surface area contributed by atoms with Gasteiger partial charge in [-0.15, -0.1) is 0 Å². The smallest absolute Gasteiger partial charge is 0.270 e. The Morgan fingerprint density at radius 3 is 3.00 bits per heavy atom. The Morgan fingerprint density at radius 2 is 2.27 bits per heavy atom. The number of hydrogen-bond acceptors (Lipinski definition) is 6. The van der Waals surface area contributed by atoms with Crippen LogP contribution in [0.3, 0.4) is 0 Å². The standard InChI is InChI=1S/C14H13N3O5/c18-14(15-9-13-5-2-6-21-13)10-22-16-8-11-3-1-4-12(7-11)17(19)20/h1-8H,9-10H2,(H,15,18)/b16-8-. The number of nitrogens with zero attached hydrogens (tertiary/aromatic N) is 2. The summed E-state index contributed by atoms with van der Waals surface area (Å²) in [6, 6.07) is 9.36. The molecule has 1 aromatic carbocycles. The van der Waals surface area contributed by atoms with E-state index in [1.54, 1.807) is 18.2 Å². The Morgan fingerprint density at radius 1 is 1.41 bits per heavy atom. The molecule has 22 heavy (non-hydrogen) atoms. The summed E-state index contributed by atoms with van der Waals surface area (Å²) in [5.41, 5.74) is 0.463. The highest BCUT2D eigenvalue weighted by atomic mass is 16.6. The molecule has 1 heterocycles. The van der Waals surface area contributed by atoms with E-state index in [9.17, 15) is 14.9 Å². The molecule has 0 bridgehead atoms. The lowest BCUT2D eigenvalue weighted by Crippen LogP contribution is -2.26. The highest BCUT2D eigenvalue weighted by Crippen LogP contribution is 2.11. The Labute approximate surface area is 125 Å². The Balaban J connectivity index is 1.74. The summed E-state index contributed by atoms with van der Waals surface area (Å²) in [6.07, 6.45) is 2.81. The molecule has 2 aromatic rings. The first-order valence-electron chi connectivity index (χ1n) is 6.34. The summed E-state index contributed by atoms with van der Waals surface area (Å²) in [6.45, 7) is 0.00984. The maximum atomic E-state index is 11.5. The number of hydrogen-bond donors (Lipinski definition) is 1. The van der Waals surface area contributed by atoms with Crippen molar-refractivity contribution in [2.75, 3.05) is 6.61 Å². The van der Waals surface area contributed by atoms with Gasteiger partial charge in [-0.05, 0) is 12.1 Å². The number of oxime groups is 1. The zero-order valence-electron chi connectivity index (χ0n) is 11.5. The Bertz CT molecular complexity index is 667. The highest BCUT2D eigenvalue weighted by Gasteiger charge is 2.05. The third-order valence-electron chi connectivity index (χ3n) is 2.59. The molecule has 0 atom stereocenters. The zero-order valence-corrected chi connectivity index (χ0v) is 11.5. The third kappa shape index (κ3) is 4.75. The van der Waals surface area contributed by atoms with Crippen LogP contribution in [0.15, 0.2) is 52.2 Å². The Kier molecular flexibility index (Phi) is 5.25. The van der Waals surface area contributed by atoms with Gasteiger partial charge in [-0.3, -0.25) is 14.9 Å². The fourth-order valence-corrected chi connectivity index (χ4v) is 1.56. The van der Waals surface area contributed by atoms with E-state index in [0.29, 0.717) is 11.3 Å². The van der Waals surface area contributed by atoms with Gasteiger partial charge < -0.3 is 14.6 Å². The van der Waals surface area contributed by atoms with Gasteiger partial charge in [0.25, 0.3) is 11.6 Å². The maximum Gasteiger partial charge on any atom is 0.270 e. The zero-order chi connectivity index (χ0) is 15.8. The van der Waals surface area contributed by atoms with E-state index < -0.39 is 4.92 Å². The van der Waals surface area contributed by atoms with Crippen molar-refractivity contribution in [3.05, 3.63) is 64.1 Å². The van der Waals surface area contributed by atoms with E-state index in [-0.39, 0.29) is 24.7 Å². The molecule has 0 radical (unpaired) electrons. The molecule has 8 nitrogen and oxygen atoms in total. The van der Waals surface area contributed by atoms with Gasteiger partial charge in [0.15, 0.2) is 6.61 Å². The molecule has 0 unspecified atom stereocenters. The van der Waals surface area contributed by atoms with Crippen LogP contribution in [0.5, 0.6) is 0 Å². The lowest BCUT2D eigenvalue weighted by atomic mass is 10.2. The van der Waals surface area contributed by atoms with Crippen LogP contribution < -0.4 is 5.32 Å². The van der Waals surface area contributed by atoms with Gasteiger partial charge in [0, 0.05) is 17.7 Å². The molecule has 0 saturated carbocycles. The second kappa shape index (κ2) is 7.58. The molecular weight excluding hydrogens is 290 g/mol. The SMILES string of the molecule is O=C(CO/N=C\c1cccc([N+](=O)[O-])c1)NCc1ccco1. The van der Waals surface area contributed by atoms with Crippen molar-refractivity contribution in [3.8, 4) is 0 Å². The van der Waals surface area contributed by atoms with E-state index >= 15 is 0 Å². The topological polar surface area (TPSA) is 107 Å². The van der Waals surface area contributed by atoms with Crippen LogP contribution in [-0.4, -0.2) is 23.7 Å². The minimum atomic E-state index is -0.500. The quantitative estimate of drug-likeness (QED) is 0.477. The number of nitrogens with one attached hydrogen (secondary N) is 1. The largest absolute Gasteiger partial charge is 0.467 e. The normalized spacial score (nSPS) is 10.5. The van der Waals surface area contributed by atoms with Crippen LogP contribution in [0.4, 0.5) is 5.69 Å². The molecule has 0 aliphatic carbocycles. The molecule has 1 N–H and O–H groups in total. The predicted molar refractivity (Wildman–Crippen MR) is 77.2 cm³/mol. The van der Waals surface area contributed by atoms with Crippen LogP contribution >= 0.6 is 0 Å². The second-order valence-electron chi connectivity index (χ2n) is 4.22. The first-order chi connectivity index (χ1) is 10.6. The van der Waals surface area contributed by atoms with Crippen molar-refractivity contribution < 1.29 is 19.0 Å². The van der Waals surface area contributed by atoms with Gasteiger partial charge in [-0.1, -0.05) is 17.3 Å². The maximum absolute atomic E-state index is 11.5. The van der Waals surface area contributed by atoms with Gasteiger partial charge in [-0.2, -0.15) is 0 Å². The number of amides is 1. The minimum Gasteiger partial charge on any atom is -0.467 e. The summed E-state index contributed by atoms with van der Waals surface area (Å²) < 4.78 is 5.06. The molecule has 0 spiro atoms. The van der Waals surface area contributed by atoms with E-state index in [4.69, 9.17) is 9.25 Å². The lowest BCUT2D eigenvalue weighted by Gasteiger charge is -2.01. The van der Waals surface area contributed by atoms with Crippen LogP contribution in [-0.2, 0) is 16.2 Å².